The molecule has 3 nitrogen and oxygen atoms in total. The van der Waals surface area contributed by atoms with Crippen LogP contribution in [0.25, 0.3) is 0 Å². The molecule has 0 aliphatic rings. The van der Waals surface area contributed by atoms with E-state index in [9.17, 15) is 4.79 Å². The summed E-state index contributed by atoms with van der Waals surface area (Å²) in [6.45, 7) is 6.19. The highest BCUT2D eigenvalue weighted by Crippen LogP contribution is 2.12. The van der Waals surface area contributed by atoms with Gasteiger partial charge in [0.1, 0.15) is 6.61 Å². The van der Waals surface area contributed by atoms with Crippen LogP contribution >= 0.6 is 0 Å². The standard InChI is InChI=1S/C12H22O3/c1-10(2)5-4-6-11(3)9-12(14)15-8-7-13/h5,11,13H,4,6-9H2,1-3H3. The van der Waals surface area contributed by atoms with E-state index in [1.165, 1.54) is 5.57 Å². The maximum absolute atomic E-state index is 11.2. The number of aliphatic hydroxyl groups excluding tert-OH is 1. The molecule has 1 N–H and O–H groups in total. The van der Waals surface area contributed by atoms with Gasteiger partial charge in [-0.15, -0.1) is 0 Å². The third-order valence-electron chi connectivity index (χ3n) is 2.08. The highest BCUT2D eigenvalue weighted by molar-refractivity contribution is 5.69. The Hall–Kier alpha value is -0.830. The van der Waals surface area contributed by atoms with Crippen LogP contribution in [0.2, 0.25) is 0 Å². The molecule has 0 aliphatic carbocycles. The number of hydrogen-bond donors (Lipinski definition) is 1. The molecule has 15 heavy (non-hydrogen) atoms. The largest absolute Gasteiger partial charge is 0.463 e. The summed E-state index contributed by atoms with van der Waals surface area (Å²) < 4.78 is 4.78. The average molecular weight is 214 g/mol. The molecule has 0 amide bonds. The lowest BCUT2D eigenvalue weighted by Gasteiger charge is -2.09. The van der Waals surface area contributed by atoms with E-state index < -0.39 is 0 Å². The lowest BCUT2D eigenvalue weighted by Crippen LogP contribution is -2.11. The second-order valence-corrected chi connectivity index (χ2v) is 4.11. The van der Waals surface area contributed by atoms with Crippen molar-refractivity contribution >= 4 is 5.97 Å². The van der Waals surface area contributed by atoms with Crippen LogP contribution in [0.1, 0.15) is 40.0 Å². The summed E-state index contributed by atoms with van der Waals surface area (Å²) >= 11 is 0. The molecule has 0 aliphatic heterocycles. The van der Waals surface area contributed by atoms with Gasteiger partial charge in [0.15, 0.2) is 0 Å². The van der Waals surface area contributed by atoms with Gasteiger partial charge < -0.3 is 9.84 Å². The van der Waals surface area contributed by atoms with Gasteiger partial charge >= 0.3 is 5.97 Å². The van der Waals surface area contributed by atoms with Gasteiger partial charge in [0.25, 0.3) is 0 Å². The number of allylic oxidation sites excluding steroid dienone is 2. The maximum Gasteiger partial charge on any atom is 0.306 e. The lowest BCUT2D eigenvalue weighted by molar-refractivity contribution is -0.145. The smallest absolute Gasteiger partial charge is 0.306 e. The Morgan fingerprint density at radius 2 is 2.13 bits per heavy atom. The molecule has 0 aromatic rings. The molecular weight excluding hydrogens is 192 g/mol. The summed E-state index contributed by atoms with van der Waals surface area (Å²) in [7, 11) is 0. The fourth-order valence-electron chi connectivity index (χ4n) is 1.26. The van der Waals surface area contributed by atoms with Crippen molar-refractivity contribution in [3.63, 3.8) is 0 Å². The summed E-state index contributed by atoms with van der Waals surface area (Å²) in [5, 5.41) is 8.47. The van der Waals surface area contributed by atoms with Crippen molar-refractivity contribution in [2.75, 3.05) is 13.2 Å². The topological polar surface area (TPSA) is 46.5 Å². The van der Waals surface area contributed by atoms with Crippen molar-refractivity contribution in [2.45, 2.75) is 40.0 Å². The van der Waals surface area contributed by atoms with Gasteiger partial charge in [-0.1, -0.05) is 18.6 Å². The monoisotopic (exact) mass is 214 g/mol. The number of rotatable bonds is 7. The van der Waals surface area contributed by atoms with E-state index in [1.807, 2.05) is 6.92 Å². The van der Waals surface area contributed by atoms with Crippen LogP contribution in [0, 0.1) is 5.92 Å². The molecule has 3 heteroatoms. The van der Waals surface area contributed by atoms with E-state index in [0.29, 0.717) is 12.3 Å². The molecule has 0 radical (unpaired) electrons. The number of hydrogen-bond acceptors (Lipinski definition) is 3. The first-order valence-electron chi connectivity index (χ1n) is 5.46. The molecule has 0 rings (SSSR count). The first-order chi connectivity index (χ1) is 7.06. The Morgan fingerprint density at radius 3 is 2.67 bits per heavy atom. The van der Waals surface area contributed by atoms with Crippen LogP contribution in [0.5, 0.6) is 0 Å². The first-order valence-corrected chi connectivity index (χ1v) is 5.46. The Labute approximate surface area is 92.1 Å². The van der Waals surface area contributed by atoms with E-state index in [-0.39, 0.29) is 19.2 Å². The summed E-state index contributed by atoms with van der Waals surface area (Å²) in [5.74, 6) is 0.126. The third kappa shape index (κ3) is 9.47. The Balaban J connectivity index is 3.59. The molecule has 0 saturated carbocycles. The molecule has 0 bridgehead atoms. The van der Waals surface area contributed by atoms with Crippen molar-refractivity contribution in [3.05, 3.63) is 11.6 Å². The fraction of sp³-hybridized carbons (Fsp3) is 0.750. The number of carbonyl (C=O) groups excluding carboxylic acids is 1. The van der Waals surface area contributed by atoms with Crippen LogP contribution < -0.4 is 0 Å². The zero-order valence-electron chi connectivity index (χ0n) is 9.95. The van der Waals surface area contributed by atoms with E-state index in [0.717, 1.165) is 12.8 Å². The van der Waals surface area contributed by atoms with Gasteiger partial charge in [0.05, 0.1) is 6.61 Å². The average Bonchev–Trinajstić information content (AvgIpc) is 2.14. The van der Waals surface area contributed by atoms with Crippen molar-refractivity contribution in [3.8, 4) is 0 Å². The van der Waals surface area contributed by atoms with E-state index in [1.54, 1.807) is 0 Å². The quantitative estimate of drug-likeness (QED) is 0.522. The third-order valence-corrected chi connectivity index (χ3v) is 2.08. The minimum atomic E-state index is -0.214. The van der Waals surface area contributed by atoms with Gasteiger partial charge in [-0.3, -0.25) is 4.79 Å². The van der Waals surface area contributed by atoms with Gasteiger partial charge in [-0.2, -0.15) is 0 Å². The number of esters is 1. The Morgan fingerprint density at radius 1 is 1.47 bits per heavy atom. The minimum absolute atomic E-state index is 0.0993. The molecule has 1 unspecified atom stereocenters. The Kier molecular flexibility index (Phi) is 8.01. The first kappa shape index (κ1) is 14.2. The predicted octanol–water partition coefficient (Wildman–Crippen LogP) is 2.29. The van der Waals surface area contributed by atoms with E-state index >= 15 is 0 Å². The lowest BCUT2D eigenvalue weighted by atomic mass is 10.0. The normalized spacial score (nSPS) is 12.0. The summed E-state index contributed by atoms with van der Waals surface area (Å²) in [6, 6.07) is 0. The highest BCUT2D eigenvalue weighted by Gasteiger charge is 2.09. The second kappa shape index (κ2) is 8.48. The van der Waals surface area contributed by atoms with Crippen LogP contribution in [0.4, 0.5) is 0 Å². The Bertz CT molecular complexity index is 205. The zero-order valence-corrected chi connectivity index (χ0v) is 9.95. The van der Waals surface area contributed by atoms with Crippen molar-refractivity contribution in [2.24, 2.45) is 5.92 Å². The van der Waals surface area contributed by atoms with Crippen LogP contribution in [-0.4, -0.2) is 24.3 Å². The molecule has 1 atom stereocenters. The molecule has 0 saturated heterocycles. The summed E-state index contributed by atoms with van der Waals surface area (Å²) in [5.41, 5.74) is 1.31. The van der Waals surface area contributed by atoms with Crippen molar-refractivity contribution in [1.82, 2.24) is 0 Å². The number of ether oxygens (including phenoxy) is 1. The second-order valence-electron chi connectivity index (χ2n) is 4.11. The number of carbonyl (C=O) groups is 1. The molecule has 0 fully saturated rings. The molecule has 0 aromatic carbocycles. The van der Waals surface area contributed by atoms with Crippen LogP contribution in [0.15, 0.2) is 11.6 Å². The van der Waals surface area contributed by atoms with Gasteiger partial charge in [-0.25, -0.2) is 0 Å². The summed E-state index contributed by atoms with van der Waals surface area (Å²) in [6.07, 6.45) is 4.63. The van der Waals surface area contributed by atoms with Crippen LogP contribution in [-0.2, 0) is 9.53 Å². The zero-order chi connectivity index (χ0) is 11.7. The van der Waals surface area contributed by atoms with E-state index in [4.69, 9.17) is 9.84 Å². The van der Waals surface area contributed by atoms with Gasteiger partial charge in [0, 0.05) is 6.42 Å². The molecule has 0 aromatic heterocycles. The SMILES string of the molecule is CC(C)=CCCC(C)CC(=O)OCCO. The summed E-state index contributed by atoms with van der Waals surface area (Å²) in [4.78, 5) is 11.2. The predicted molar refractivity (Wildman–Crippen MR) is 60.5 cm³/mol. The van der Waals surface area contributed by atoms with Crippen molar-refractivity contribution < 1.29 is 14.6 Å². The van der Waals surface area contributed by atoms with Crippen molar-refractivity contribution in [1.29, 1.82) is 0 Å². The molecule has 0 spiro atoms. The maximum atomic E-state index is 11.2. The van der Waals surface area contributed by atoms with E-state index in [2.05, 4.69) is 19.9 Å². The molecular formula is C12H22O3. The number of aliphatic hydroxyl groups is 1. The van der Waals surface area contributed by atoms with Gasteiger partial charge in [0.2, 0.25) is 0 Å². The highest BCUT2D eigenvalue weighted by atomic mass is 16.5. The minimum Gasteiger partial charge on any atom is -0.463 e. The van der Waals surface area contributed by atoms with Crippen LogP contribution in [0.3, 0.4) is 0 Å². The molecule has 0 heterocycles. The molecule has 88 valence electrons. The fourth-order valence-corrected chi connectivity index (χ4v) is 1.26. The van der Waals surface area contributed by atoms with Gasteiger partial charge in [-0.05, 0) is 32.6 Å².